The van der Waals surface area contributed by atoms with Crippen LogP contribution < -0.4 is 9.62 Å². The van der Waals surface area contributed by atoms with E-state index in [1.54, 1.807) is 25.1 Å². The number of benzene rings is 2. The SMILES string of the molecule is Cc1c(Cl)cccc1N(CCCC(=O)Nc1ccccc1C(F)(F)F)S(C)(=O)=O. The lowest BCUT2D eigenvalue weighted by molar-refractivity contribution is -0.137. The summed E-state index contributed by atoms with van der Waals surface area (Å²) in [6, 6.07) is 9.51. The molecule has 0 unspecified atom stereocenters. The molecule has 0 bridgehead atoms. The Morgan fingerprint density at radius 3 is 2.41 bits per heavy atom. The third-order valence-corrected chi connectivity index (χ3v) is 5.77. The van der Waals surface area contributed by atoms with Crippen LogP contribution in [0.25, 0.3) is 0 Å². The first-order valence-electron chi connectivity index (χ1n) is 8.60. The molecule has 0 spiro atoms. The highest BCUT2D eigenvalue weighted by molar-refractivity contribution is 7.92. The highest BCUT2D eigenvalue weighted by atomic mass is 35.5. The van der Waals surface area contributed by atoms with Crippen LogP contribution in [0.5, 0.6) is 0 Å². The van der Waals surface area contributed by atoms with Crippen LogP contribution in [0.1, 0.15) is 24.0 Å². The summed E-state index contributed by atoms with van der Waals surface area (Å²) >= 11 is 6.06. The number of carbonyl (C=O) groups is 1. The van der Waals surface area contributed by atoms with Crippen molar-refractivity contribution in [3.05, 3.63) is 58.6 Å². The third-order valence-electron chi connectivity index (χ3n) is 4.18. The number of para-hydroxylation sites is 1. The monoisotopic (exact) mass is 448 g/mol. The van der Waals surface area contributed by atoms with E-state index in [0.717, 1.165) is 16.6 Å². The summed E-state index contributed by atoms with van der Waals surface area (Å²) in [5.41, 5.74) is -0.317. The van der Waals surface area contributed by atoms with Gasteiger partial charge in [0.15, 0.2) is 0 Å². The molecular weight excluding hydrogens is 429 g/mol. The normalized spacial score (nSPS) is 11.9. The Labute approximate surface area is 172 Å². The summed E-state index contributed by atoms with van der Waals surface area (Å²) < 4.78 is 64.5. The lowest BCUT2D eigenvalue weighted by Crippen LogP contribution is -2.32. The second-order valence-corrected chi connectivity index (χ2v) is 8.73. The second-order valence-electron chi connectivity index (χ2n) is 6.41. The van der Waals surface area contributed by atoms with Crippen LogP contribution in [-0.2, 0) is 21.0 Å². The summed E-state index contributed by atoms with van der Waals surface area (Å²) in [7, 11) is -3.65. The molecule has 0 radical (unpaired) electrons. The molecule has 5 nitrogen and oxygen atoms in total. The molecular formula is C19H20ClF3N2O3S. The first-order valence-corrected chi connectivity index (χ1v) is 10.8. The Hall–Kier alpha value is -2.26. The van der Waals surface area contributed by atoms with Crippen LogP contribution in [0.2, 0.25) is 5.02 Å². The Bertz CT molecular complexity index is 994. The van der Waals surface area contributed by atoms with E-state index in [-0.39, 0.29) is 25.1 Å². The number of hydrogen-bond donors (Lipinski definition) is 1. The molecule has 0 aliphatic carbocycles. The van der Waals surface area contributed by atoms with E-state index in [2.05, 4.69) is 5.32 Å². The topological polar surface area (TPSA) is 66.5 Å². The molecule has 0 atom stereocenters. The largest absolute Gasteiger partial charge is 0.418 e. The number of alkyl halides is 3. The van der Waals surface area contributed by atoms with E-state index in [1.165, 1.54) is 18.2 Å². The van der Waals surface area contributed by atoms with Gasteiger partial charge in [-0.3, -0.25) is 9.10 Å². The molecule has 1 amide bonds. The Morgan fingerprint density at radius 2 is 1.79 bits per heavy atom. The van der Waals surface area contributed by atoms with Gasteiger partial charge in [0.1, 0.15) is 0 Å². The zero-order chi connectivity index (χ0) is 21.8. The minimum Gasteiger partial charge on any atom is -0.326 e. The van der Waals surface area contributed by atoms with E-state index in [0.29, 0.717) is 16.3 Å². The van der Waals surface area contributed by atoms with Gasteiger partial charge in [0.2, 0.25) is 15.9 Å². The van der Waals surface area contributed by atoms with Crippen molar-refractivity contribution < 1.29 is 26.4 Å². The maximum Gasteiger partial charge on any atom is 0.418 e. The van der Waals surface area contributed by atoms with Crippen molar-refractivity contribution in [2.75, 3.05) is 22.4 Å². The van der Waals surface area contributed by atoms with Crippen LogP contribution in [-0.4, -0.2) is 27.1 Å². The molecule has 158 valence electrons. The summed E-state index contributed by atoms with van der Waals surface area (Å²) in [4.78, 5) is 12.1. The first kappa shape index (κ1) is 23.0. The van der Waals surface area contributed by atoms with Crippen LogP contribution in [0.3, 0.4) is 0 Å². The molecule has 0 saturated carbocycles. The van der Waals surface area contributed by atoms with Gasteiger partial charge in [0.25, 0.3) is 0 Å². The van der Waals surface area contributed by atoms with E-state index < -0.39 is 27.7 Å². The average Bonchev–Trinajstić information content (AvgIpc) is 2.60. The first-order chi connectivity index (χ1) is 13.4. The fourth-order valence-corrected chi connectivity index (χ4v) is 3.95. The van der Waals surface area contributed by atoms with Gasteiger partial charge in [0.05, 0.1) is 23.2 Å². The molecule has 10 heteroatoms. The number of anilines is 2. The van der Waals surface area contributed by atoms with Gasteiger partial charge in [0, 0.05) is 18.0 Å². The lowest BCUT2D eigenvalue weighted by Gasteiger charge is -2.24. The third kappa shape index (κ3) is 6.11. The predicted molar refractivity (Wildman–Crippen MR) is 108 cm³/mol. The number of nitrogens with one attached hydrogen (secondary N) is 1. The van der Waals surface area contributed by atoms with Crippen molar-refractivity contribution in [2.24, 2.45) is 0 Å². The van der Waals surface area contributed by atoms with E-state index in [9.17, 15) is 26.4 Å². The van der Waals surface area contributed by atoms with Gasteiger partial charge in [-0.1, -0.05) is 29.8 Å². The van der Waals surface area contributed by atoms with Crippen molar-refractivity contribution in [2.45, 2.75) is 25.9 Å². The minimum atomic E-state index is -4.60. The zero-order valence-corrected chi connectivity index (χ0v) is 17.3. The molecule has 0 heterocycles. The molecule has 0 saturated heterocycles. The molecule has 0 aliphatic heterocycles. The van der Waals surface area contributed by atoms with Crippen molar-refractivity contribution in [1.29, 1.82) is 0 Å². The molecule has 29 heavy (non-hydrogen) atoms. The number of sulfonamides is 1. The Balaban J connectivity index is 2.08. The van der Waals surface area contributed by atoms with Crippen LogP contribution >= 0.6 is 11.6 Å². The molecule has 2 aromatic carbocycles. The quantitative estimate of drug-likeness (QED) is 0.658. The maximum absolute atomic E-state index is 13.0. The summed E-state index contributed by atoms with van der Waals surface area (Å²) in [6.07, 6.45) is -3.61. The van der Waals surface area contributed by atoms with Gasteiger partial charge in [-0.05, 0) is 43.2 Å². The second kappa shape index (κ2) is 9.04. The summed E-state index contributed by atoms with van der Waals surface area (Å²) in [6.45, 7) is 1.66. The number of rotatable bonds is 7. The van der Waals surface area contributed by atoms with Crippen LogP contribution in [0, 0.1) is 6.92 Å². The maximum atomic E-state index is 13.0. The number of amides is 1. The average molecular weight is 449 g/mol. The zero-order valence-electron chi connectivity index (χ0n) is 15.8. The van der Waals surface area contributed by atoms with E-state index in [4.69, 9.17) is 11.6 Å². The molecule has 0 aromatic heterocycles. The molecule has 2 aromatic rings. The van der Waals surface area contributed by atoms with Crippen molar-refractivity contribution >= 4 is 38.9 Å². The molecule has 0 fully saturated rings. The molecule has 0 aliphatic rings. The van der Waals surface area contributed by atoms with Gasteiger partial charge >= 0.3 is 6.18 Å². The van der Waals surface area contributed by atoms with Crippen molar-refractivity contribution in [1.82, 2.24) is 0 Å². The van der Waals surface area contributed by atoms with E-state index >= 15 is 0 Å². The van der Waals surface area contributed by atoms with E-state index in [1.807, 2.05) is 0 Å². The minimum absolute atomic E-state index is 0.0195. The number of nitrogens with zero attached hydrogens (tertiary/aromatic N) is 1. The van der Waals surface area contributed by atoms with Gasteiger partial charge in [-0.2, -0.15) is 13.2 Å². The van der Waals surface area contributed by atoms with Crippen molar-refractivity contribution in [3.63, 3.8) is 0 Å². The predicted octanol–water partition coefficient (Wildman–Crippen LogP) is 4.85. The van der Waals surface area contributed by atoms with Crippen LogP contribution in [0.4, 0.5) is 24.5 Å². The van der Waals surface area contributed by atoms with Crippen LogP contribution in [0.15, 0.2) is 42.5 Å². The smallest absolute Gasteiger partial charge is 0.326 e. The fourth-order valence-electron chi connectivity index (χ4n) is 2.77. The van der Waals surface area contributed by atoms with Gasteiger partial charge in [-0.15, -0.1) is 0 Å². The molecule has 1 N–H and O–H groups in total. The van der Waals surface area contributed by atoms with Crippen molar-refractivity contribution in [3.8, 4) is 0 Å². The Morgan fingerprint density at radius 1 is 1.14 bits per heavy atom. The summed E-state index contributed by atoms with van der Waals surface area (Å²) in [5, 5.41) is 2.64. The standard InChI is InChI=1S/C19H20ClF3N2O3S/c1-13-15(20)8-5-10-17(13)25(29(2,27)28)12-6-11-18(26)24-16-9-4-3-7-14(16)19(21,22)23/h3-5,7-10H,6,11-12H2,1-2H3,(H,24,26). The number of halogens is 4. The number of hydrogen-bond acceptors (Lipinski definition) is 3. The lowest BCUT2D eigenvalue weighted by atomic mass is 10.1. The van der Waals surface area contributed by atoms with Gasteiger partial charge < -0.3 is 5.32 Å². The highest BCUT2D eigenvalue weighted by Crippen LogP contribution is 2.34. The summed E-state index contributed by atoms with van der Waals surface area (Å²) in [5.74, 6) is -0.641. The fraction of sp³-hybridized carbons (Fsp3) is 0.316. The molecule has 2 rings (SSSR count). The Kier molecular flexibility index (Phi) is 7.18. The number of carbonyl (C=O) groups excluding carboxylic acids is 1. The highest BCUT2D eigenvalue weighted by Gasteiger charge is 2.33. The van der Waals surface area contributed by atoms with Gasteiger partial charge in [-0.25, -0.2) is 8.42 Å².